The summed E-state index contributed by atoms with van der Waals surface area (Å²) < 4.78 is 12.7. The van der Waals surface area contributed by atoms with Gasteiger partial charge in [0, 0.05) is 12.6 Å². The van der Waals surface area contributed by atoms with Crippen LogP contribution in [0.1, 0.15) is 32.8 Å². The van der Waals surface area contributed by atoms with Crippen LogP contribution in [0.4, 0.5) is 9.18 Å². The highest BCUT2D eigenvalue weighted by atomic mass is 19.1. The van der Waals surface area contributed by atoms with E-state index in [1.165, 1.54) is 12.1 Å². The lowest BCUT2D eigenvalue weighted by molar-refractivity contribution is -0.123. The van der Waals surface area contributed by atoms with Gasteiger partial charge in [0.1, 0.15) is 11.9 Å². The summed E-state index contributed by atoms with van der Waals surface area (Å²) >= 11 is 0. The quantitative estimate of drug-likeness (QED) is 0.750. The molecule has 0 heterocycles. The molecule has 2 unspecified atom stereocenters. The number of urea groups is 1. The number of benzene rings is 1. The lowest BCUT2D eigenvalue weighted by atomic mass is 10.2. The topological polar surface area (TPSA) is 70.2 Å². The van der Waals surface area contributed by atoms with E-state index >= 15 is 0 Å². The fourth-order valence-corrected chi connectivity index (χ4v) is 1.57. The Morgan fingerprint density at radius 3 is 2.33 bits per heavy atom. The van der Waals surface area contributed by atoms with Gasteiger partial charge in [-0.1, -0.05) is 19.1 Å². The van der Waals surface area contributed by atoms with Gasteiger partial charge in [-0.15, -0.1) is 0 Å². The Kier molecular flexibility index (Phi) is 6.65. The molecule has 0 bridgehead atoms. The van der Waals surface area contributed by atoms with Crippen molar-refractivity contribution in [2.45, 2.75) is 45.8 Å². The van der Waals surface area contributed by atoms with Crippen molar-refractivity contribution < 1.29 is 14.0 Å². The van der Waals surface area contributed by atoms with Crippen LogP contribution in [0.3, 0.4) is 0 Å². The Bertz CT molecular complexity index is 476. The molecule has 1 aromatic rings. The van der Waals surface area contributed by atoms with E-state index in [1.54, 1.807) is 19.1 Å². The Morgan fingerprint density at radius 2 is 1.76 bits per heavy atom. The van der Waals surface area contributed by atoms with Gasteiger partial charge in [0.25, 0.3) is 0 Å². The number of halogens is 1. The minimum Gasteiger partial charge on any atom is -0.352 e. The van der Waals surface area contributed by atoms with Crippen LogP contribution < -0.4 is 16.0 Å². The first kappa shape index (κ1) is 16.9. The van der Waals surface area contributed by atoms with Crippen LogP contribution in [0.5, 0.6) is 0 Å². The molecule has 5 nitrogen and oxygen atoms in total. The van der Waals surface area contributed by atoms with Crippen molar-refractivity contribution in [1.82, 2.24) is 16.0 Å². The summed E-state index contributed by atoms with van der Waals surface area (Å²) in [5, 5.41) is 7.97. The van der Waals surface area contributed by atoms with Crippen LogP contribution in [-0.4, -0.2) is 24.0 Å². The highest BCUT2D eigenvalue weighted by molar-refractivity contribution is 5.86. The first-order valence-electron chi connectivity index (χ1n) is 7.01. The lowest BCUT2D eigenvalue weighted by Gasteiger charge is -2.17. The van der Waals surface area contributed by atoms with Gasteiger partial charge in [0.2, 0.25) is 5.91 Å². The van der Waals surface area contributed by atoms with E-state index in [9.17, 15) is 14.0 Å². The molecular weight excluding hydrogens is 273 g/mol. The monoisotopic (exact) mass is 295 g/mol. The molecule has 0 spiro atoms. The summed E-state index contributed by atoms with van der Waals surface area (Å²) in [6, 6.07) is 4.86. The van der Waals surface area contributed by atoms with Gasteiger partial charge < -0.3 is 16.0 Å². The van der Waals surface area contributed by atoms with Crippen molar-refractivity contribution in [3.05, 3.63) is 35.6 Å². The van der Waals surface area contributed by atoms with E-state index in [4.69, 9.17) is 0 Å². The fourth-order valence-electron chi connectivity index (χ4n) is 1.57. The molecule has 0 aliphatic heterocycles. The van der Waals surface area contributed by atoms with E-state index in [0.29, 0.717) is 0 Å². The maximum absolute atomic E-state index is 12.7. The van der Waals surface area contributed by atoms with Crippen LogP contribution >= 0.6 is 0 Å². The zero-order valence-electron chi connectivity index (χ0n) is 12.6. The van der Waals surface area contributed by atoms with E-state index < -0.39 is 12.1 Å². The number of amides is 3. The number of carbonyl (C=O) groups excluding carboxylic acids is 2. The van der Waals surface area contributed by atoms with Crippen molar-refractivity contribution in [3.63, 3.8) is 0 Å². The van der Waals surface area contributed by atoms with Crippen LogP contribution in [0.25, 0.3) is 0 Å². The van der Waals surface area contributed by atoms with Crippen molar-refractivity contribution in [2.75, 3.05) is 0 Å². The predicted molar refractivity (Wildman–Crippen MR) is 79.1 cm³/mol. The number of hydrogen-bond donors (Lipinski definition) is 3. The van der Waals surface area contributed by atoms with Crippen LogP contribution in [0, 0.1) is 5.82 Å². The summed E-state index contributed by atoms with van der Waals surface area (Å²) in [5.41, 5.74) is 0.781. The SMILES string of the molecule is CCC(C)NC(=O)C(C)NC(=O)NCc1ccc(F)cc1. The van der Waals surface area contributed by atoms with E-state index in [2.05, 4.69) is 16.0 Å². The minimum absolute atomic E-state index is 0.0732. The average molecular weight is 295 g/mol. The average Bonchev–Trinajstić information content (AvgIpc) is 2.46. The van der Waals surface area contributed by atoms with E-state index in [-0.39, 0.29) is 24.3 Å². The van der Waals surface area contributed by atoms with Crippen LogP contribution in [0.2, 0.25) is 0 Å². The van der Waals surface area contributed by atoms with Crippen LogP contribution in [-0.2, 0) is 11.3 Å². The summed E-state index contributed by atoms with van der Waals surface area (Å²) in [6.07, 6.45) is 0.829. The minimum atomic E-state index is -0.618. The molecule has 0 aliphatic carbocycles. The molecule has 3 amide bonds. The Morgan fingerprint density at radius 1 is 1.14 bits per heavy atom. The molecular formula is C15H22FN3O2. The third kappa shape index (κ3) is 6.25. The molecule has 1 aromatic carbocycles. The molecule has 0 aromatic heterocycles. The second-order valence-corrected chi connectivity index (χ2v) is 4.99. The fraction of sp³-hybridized carbons (Fsp3) is 0.467. The van der Waals surface area contributed by atoms with Crippen molar-refractivity contribution in [3.8, 4) is 0 Å². The molecule has 116 valence electrons. The smallest absolute Gasteiger partial charge is 0.315 e. The zero-order valence-corrected chi connectivity index (χ0v) is 12.6. The van der Waals surface area contributed by atoms with Gasteiger partial charge in [0.15, 0.2) is 0 Å². The summed E-state index contributed by atoms with van der Waals surface area (Å²) in [7, 11) is 0. The maximum atomic E-state index is 12.7. The third-order valence-corrected chi connectivity index (χ3v) is 3.11. The van der Waals surface area contributed by atoms with Gasteiger partial charge in [-0.3, -0.25) is 4.79 Å². The van der Waals surface area contributed by atoms with E-state index in [0.717, 1.165) is 12.0 Å². The summed E-state index contributed by atoms with van der Waals surface area (Å²) in [5.74, 6) is -0.542. The summed E-state index contributed by atoms with van der Waals surface area (Å²) in [4.78, 5) is 23.4. The Hall–Kier alpha value is -2.11. The lowest BCUT2D eigenvalue weighted by Crippen LogP contribution is -2.49. The van der Waals surface area contributed by atoms with Crippen molar-refractivity contribution in [2.24, 2.45) is 0 Å². The number of rotatable bonds is 6. The van der Waals surface area contributed by atoms with Crippen molar-refractivity contribution >= 4 is 11.9 Å². The molecule has 0 saturated carbocycles. The highest BCUT2D eigenvalue weighted by Crippen LogP contribution is 2.01. The molecule has 2 atom stereocenters. The van der Waals surface area contributed by atoms with Gasteiger partial charge in [0.05, 0.1) is 0 Å². The first-order valence-corrected chi connectivity index (χ1v) is 7.01. The molecule has 3 N–H and O–H groups in total. The van der Waals surface area contributed by atoms with E-state index in [1.807, 2.05) is 13.8 Å². The first-order chi connectivity index (χ1) is 9.92. The van der Waals surface area contributed by atoms with Crippen molar-refractivity contribution in [1.29, 1.82) is 0 Å². The highest BCUT2D eigenvalue weighted by Gasteiger charge is 2.16. The van der Waals surface area contributed by atoms with Gasteiger partial charge >= 0.3 is 6.03 Å². The van der Waals surface area contributed by atoms with Gasteiger partial charge in [-0.05, 0) is 38.0 Å². The van der Waals surface area contributed by atoms with Crippen LogP contribution in [0.15, 0.2) is 24.3 Å². The number of hydrogen-bond acceptors (Lipinski definition) is 2. The normalized spacial score (nSPS) is 13.1. The predicted octanol–water partition coefficient (Wildman–Crippen LogP) is 1.93. The zero-order chi connectivity index (χ0) is 15.8. The standard InChI is InChI=1S/C15H22FN3O2/c1-4-10(2)18-14(20)11(3)19-15(21)17-9-12-5-7-13(16)8-6-12/h5-8,10-11H,4,9H2,1-3H3,(H,18,20)(H2,17,19,21). The number of nitrogens with one attached hydrogen (secondary N) is 3. The molecule has 0 radical (unpaired) electrons. The summed E-state index contributed by atoms with van der Waals surface area (Å²) in [6.45, 7) is 5.76. The Labute approximate surface area is 124 Å². The second kappa shape index (κ2) is 8.24. The Balaban J connectivity index is 2.35. The van der Waals surface area contributed by atoms with Gasteiger partial charge in [-0.2, -0.15) is 0 Å². The largest absolute Gasteiger partial charge is 0.352 e. The molecule has 1 rings (SSSR count). The molecule has 0 saturated heterocycles. The second-order valence-electron chi connectivity index (χ2n) is 4.99. The molecule has 6 heteroatoms. The van der Waals surface area contributed by atoms with Gasteiger partial charge in [-0.25, -0.2) is 9.18 Å². The molecule has 21 heavy (non-hydrogen) atoms. The third-order valence-electron chi connectivity index (χ3n) is 3.11. The molecule has 0 aliphatic rings. The number of carbonyl (C=O) groups is 2. The molecule has 0 fully saturated rings. The maximum Gasteiger partial charge on any atom is 0.315 e.